The second-order valence-corrected chi connectivity index (χ2v) is 3.88. The van der Waals surface area contributed by atoms with Crippen LogP contribution in [0, 0.1) is 6.92 Å². The fraction of sp³-hybridized carbons (Fsp3) is 0.500. The van der Waals surface area contributed by atoms with E-state index in [2.05, 4.69) is 10.3 Å². The molecule has 0 aromatic carbocycles. The molecular weight excluding hydrogens is 220 g/mol. The van der Waals surface area contributed by atoms with E-state index in [0.29, 0.717) is 18.9 Å². The minimum absolute atomic E-state index is 0.0508. The second-order valence-electron chi connectivity index (χ2n) is 3.88. The first-order valence-electron chi connectivity index (χ1n) is 5.58. The van der Waals surface area contributed by atoms with Crippen LogP contribution < -0.4 is 5.32 Å². The summed E-state index contributed by atoms with van der Waals surface area (Å²) in [5, 5.41) is 12.2. The highest BCUT2D eigenvalue weighted by molar-refractivity contribution is 5.93. The summed E-state index contributed by atoms with van der Waals surface area (Å²) in [5.41, 5.74) is 1.54. The summed E-state index contributed by atoms with van der Waals surface area (Å²) in [6.07, 6.45) is 1.37. The van der Waals surface area contributed by atoms with E-state index in [-0.39, 0.29) is 11.6 Å². The van der Waals surface area contributed by atoms with Crippen LogP contribution in [0.15, 0.2) is 12.3 Å². The molecule has 1 heterocycles. The van der Waals surface area contributed by atoms with Gasteiger partial charge in [-0.3, -0.25) is 4.98 Å². The Hall–Kier alpha value is -1.62. The average molecular weight is 238 g/mol. The summed E-state index contributed by atoms with van der Waals surface area (Å²) in [4.78, 5) is 15.0. The molecule has 0 aliphatic rings. The Balaban J connectivity index is 2.81. The standard InChI is InChI=1S/C12H18N2O3/c1-4-17-7-9(3)14-11-5-8(2)13-6-10(11)12(15)16/h5-6,9H,4,7H2,1-3H3,(H,13,14)(H,15,16). The van der Waals surface area contributed by atoms with Crippen molar-refractivity contribution < 1.29 is 14.6 Å². The van der Waals surface area contributed by atoms with Gasteiger partial charge in [-0.05, 0) is 26.8 Å². The summed E-state index contributed by atoms with van der Waals surface area (Å²) in [6, 6.07) is 1.78. The zero-order valence-electron chi connectivity index (χ0n) is 10.4. The molecule has 0 spiro atoms. The molecule has 0 bridgehead atoms. The Morgan fingerprint density at radius 1 is 1.65 bits per heavy atom. The third-order valence-corrected chi connectivity index (χ3v) is 2.24. The molecule has 0 saturated heterocycles. The first-order valence-corrected chi connectivity index (χ1v) is 5.58. The zero-order valence-corrected chi connectivity index (χ0v) is 10.4. The summed E-state index contributed by atoms with van der Waals surface area (Å²) >= 11 is 0. The van der Waals surface area contributed by atoms with E-state index < -0.39 is 5.97 Å². The van der Waals surface area contributed by atoms with Gasteiger partial charge in [0.25, 0.3) is 0 Å². The van der Waals surface area contributed by atoms with Crippen molar-refractivity contribution in [1.29, 1.82) is 0 Å². The van der Waals surface area contributed by atoms with Crippen LogP contribution in [0.5, 0.6) is 0 Å². The van der Waals surface area contributed by atoms with Crippen LogP contribution in [0.25, 0.3) is 0 Å². The first kappa shape index (κ1) is 13.4. The molecule has 0 aliphatic heterocycles. The largest absolute Gasteiger partial charge is 0.478 e. The van der Waals surface area contributed by atoms with E-state index in [9.17, 15) is 4.79 Å². The van der Waals surface area contributed by atoms with Crippen molar-refractivity contribution >= 4 is 11.7 Å². The number of carboxylic acid groups (broad SMARTS) is 1. The molecule has 5 nitrogen and oxygen atoms in total. The maximum absolute atomic E-state index is 11.0. The van der Waals surface area contributed by atoms with Crippen LogP contribution in [0.4, 0.5) is 5.69 Å². The van der Waals surface area contributed by atoms with Gasteiger partial charge in [0.1, 0.15) is 5.56 Å². The lowest BCUT2D eigenvalue weighted by molar-refractivity contribution is 0.0697. The number of aromatic nitrogens is 1. The number of hydrogen-bond acceptors (Lipinski definition) is 4. The van der Waals surface area contributed by atoms with Crippen LogP contribution in [0.1, 0.15) is 29.9 Å². The predicted molar refractivity (Wildman–Crippen MR) is 65.5 cm³/mol. The topological polar surface area (TPSA) is 71.5 Å². The minimum atomic E-state index is -0.983. The number of aryl methyl sites for hydroxylation is 1. The average Bonchev–Trinajstić information content (AvgIpc) is 2.26. The van der Waals surface area contributed by atoms with Crippen molar-refractivity contribution in [1.82, 2.24) is 4.98 Å². The third-order valence-electron chi connectivity index (χ3n) is 2.24. The maximum atomic E-state index is 11.0. The van der Waals surface area contributed by atoms with E-state index in [1.807, 2.05) is 20.8 Å². The fourth-order valence-electron chi connectivity index (χ4n) is 1.45. The third kappa shape index (κ3) is 4.03. The number of ether oxygens (including phenoxy) is 1. The molecule has 0 aliphatic carbocycles. The summed E-state index contributed by atoms with van der Waals surface area (Å²) in [6.45, 7) is 6.87. The molecule has 2 N–H and O–H groups in total. The Bertz CT molecular complexity index is 393. The molecule has 1 aromatic rings. The lowest BCUT2D eigenvalue weighted by Crippen LogP contribution is -2.23. The van der Waals surface area contributed by atoms with Crippen LogP contribution in [0.3, 0.4) is 0 Å². The molecule has 0 amide bonds. The molecular formula is C12H18N2O3. The number of aromatic carboxylic acids is 1. The number of rotatable bonds is 6. The maximum Gasteiger partial charge on any atom is 0.339 e. The lowest BCUT2D eigenvalue weighted by Gasteiger charge is -2.16. The summed E-state index contributed by atoms with van der Waals surface area (Å²) in [5.74, 6) is -0.983. The first-order chi connectivity index (χ1) is 8.04. The smallest absolute Gasteiger partial charge is 0.339 e. The second kappa shape index (κ2) is 6.20. The van der Waals surface area contributed by atoms with Gasteiger partial charge in [-0.2, -0.15) is 0 Å². The Morgan fingerprint density at radius 3 is 2.94 bits per heavy atom. The van der Waals surface area contributed by atoms with Gasteiger partial charge in [0.15, 0.2) is 0 Å². The molecule has 0 radical (unpaired) electrons. The Labute approximate surface area is 101 Å². The highest BCUT2D eigenvalue weighted by Crippen LogP contribution is 2.16. The van der Waals surface area contributed by atoms with Crippen molar-refractivity contribution in [2.75, 3.05) is 18.5 Å². The van der Waals surface area contributed by atoms with Crippen molar-refractivity contribution in [3.8, 4) is 0 Å². The van der Waals surface area contributed by atoms with Gasteiger partial charge >= 0.3 is 5.97 Å². The van der Waals surface area contributed by atoms with Crippen molar-refractivity contribution in [3.05, 3.63) is 23.5 Å². The van der Waals surface area contributed by atoms with Crippen LogP contribution in [-0.4, -0.2) is 35.3 Å². The fourth-order valence-corrected chi connectivity index (χ4v) is 1.45. The molecule has 17 heavy (non-hydrogen) atoms. The lowest BCUT2D eigenvalue weighted by atomic mass is 10.2. The monoisotopic (exact) mass is 238 g/mol. The SMILES string of the molecule is CCOCC(C)Nc1cc(C)ncc1C(=O)O. The normalized spacial score (nSPS) is 12.2. The predicted octanol–water partition coefficient (Wildman–Crippen LogP) is 1.93. The minimum Gasteiger partial charge on any atom is -0.478 e. The van der Waals surface area contributed by atoms with Gasteiger partial charge in [-0.25, -0.2) is 4.79 Å². The van der Waals surface area contributed by atoms with Crippen molar-refractivity contribution in [3.63, 3.8) is 0 Å². The molecule has 5 heteroatoms. The van der Waals surface area contributed by atoms with Gasteiger partial charge in [-0.15, -0.1) is 0 Å². The van der Waals surface area contributed by atoms with Gasteiger partial charge in [0.05, 0.1) is 12.3 Å². The zero-order chi connectivity index (χ0) is 12.8. The molecule has 1 atom stereocenters. The van der Waals surface area contributed by atoms with Crippen LogP contribution in [0.2, 0.25) is 0 Å². The van der Waals surface area contributed by atoms with E-state index in [1.54, 1.807) is 6.07 Å². The highest BCUT2D eigenvalue weighted by atomic mass is 16.5. The van der Waals surface area contributed by atoms with E-state index in [4.69, 9.17) is 9.84 Å². The van der Waals surface area contributed by atoms with Crippen LogP contribution >= 0.6 is 0 Å². The van der Waals surface area contributed by atoms with Gasteiger partial charge in [-0.1, -0.05) is 0 Å². The van der Waals surface area contributed by atoms with Crippen LogP contribution in [-0.2, 0) is 4.74 Å². The number of carboxylic acids is 1. The number of carbonyl (C=O) groups is 1. The highest BCUT2D eigenvalue weighted by Gasteiger charge is 2.12. The van der Waals surface area contributed by atoms with Crippen molar-refractivity contribution in [2.45, 2.75) is 26.8 Å². The molecule has 1 aromatic heterocycles. The number of anilines is 1. The summed E-state index contributed by atoms with van der Waals surface area (Å²) < 4.78 is 5.27. The van der Waals surface area contributed by atoms with E-state index in [1.165, 1.54) is 6.20 Å². The van der Waals surface area contributed by atoms with Gasteiger partial charge < -0.3 is 15.2 Å². The number of nitrogens with zero attached hydrogens (tertiary/aromatic N) is 1. The van der Waals surface area contributed by atoms with E-state index >= 15 is 0 Å². The quantitative estimate of drug-likeness (QED) is 0.792. The Morgan fingerprint density at radius 2 is 2.35 bits per heavy atom. The molecule has 0 fully saturated rings. The Kier molecular flexibility index (Phi) is 4.90. The number of hydrogen-bond donors (Lipinski definition) is 2. The van der Waals surface area contributed by atoms with E-state index in [0.717, 1.165) is 5.69 Å². The molecule has 1 unspecified atom stereocenters. The number of pyridine rings is 1. The molecule has 0 saturated carbocycles. The summed E-state index contributed by atoms with van der Waals surface area (Å²) in [7, 11) is 0. The molecule has 94 valence electrons. The van der Waals surface area contributed by atoms with Gasteiger partial charge in [0, 0.05) is 24.5 Å². The van der Waals surface area contributed by atoms with Crippen molar-refractivity contribution in [2.24, 2.45) is 0 Å². The number of nitrogens with one attached hydrogen (secondary N) is 1. The van der Waals surface area contributed by atoms with Gasteiger partial charge in [0.2, 0.25) is 0 Å². The molecule has 1 rings (SSSR count).